The van der Waals surface area contributed by atoms with Crippen molar-refractivity contribution in [2.24, 2.45) is 0 Å². The Morgan fingerprint density at radius 3 is 2.73 bits per heavy atom. The first kappa shape index (κ1) is 14.3. The molecular formula is C16H18N4O2. The monoisotopic (exact) mass is 298 g/mol. The third-order valence-corrected chi connectivity index (χ3v) is 3.58. The van der Waals surface area contributed by atoms with E-state index in [0.29, 0.717) is 19.0 Å². The lowest BCUT2D eigenvalue weighted by molar-refractivity contribution is -0.137. The van der Waals surface area contributed by atoms with Crippen molar-refractivity contribution in [1.82, 2.24) is 14.9 Å². The maximum atomic E-state index is 12.0. The second kappa shape index (κ2) is 6.43. The minimum Gasteiger partial charge on any atom is -0.484 e. The fourth-order valence-corrected chi connectivity index (χ4v) is 2.28. The second-order valence-corrected chi connectivity index (χ2v) is 5.27. The number of hydrogen-bond donors (Lipinski definition) is 1. The Bertz CT molecular complexity index is 642. The van der Waals surface area contributed by atoms with E-state index in [1.807, 2.05) is 31.2 Å². The molecule has 6 heteroatoms. The summed E-state index contributed by atoms with van der Waals surface area (Å²) in [7, 11) is 0. The van der Waals surface area contributed by atoms with Crippen LogP contribution in [0, 0.1) is 6.92 Å². The number of para-hydroxylation sites is 1. The van der Waals surface area contributed by atoms with Crippen molar-refractivity contribution in [2.45, 2.75) is 13.0 Å². The van der Waals surface area contributed by atoms with Gasteiger partial charge in [0.1, 0.15) is 5.75 Å². The van der Waals surface area contributed by atoms with Gasteiger partial charge in [-0.2, -0.15) is 0 Å². The largest absolute Gasteiger partial charge is 0.484 e. The number of carbonyl (C=O) groups excluding carboxylic acids is 1. The Kier molecular flexibility index (Phi) is 4.18. The molecule has 0 saturated carbocycles. The van der Waals surface area contributed by atoms with Crippen LogP contribution in [0.4, 0.5) is 5.95 Å². The Hall–Kier alpha value is -2.63. The zero-order valence-electron chi connectivity index (χ0n) is 12.4. The average molecular weight is 298 g/mol. The zero-order valence-corrected chi connectivity index (χ0v) is 12.4. The molecule has 22 heavy (non-hydrogen) atoms. The summed E-state index contributed by atoms with van der Waals surface area (Å²) in [5, 5.41) is 3.19. The van der Waals surface area contributed by atoms with E-state index in [4.69, 9.17) is 4.74 Å². The SMILES string of the molecule is Cc1ccccc1OCC(=O)N1CC(Nc2ncccn2)C1. The van der Waals surface area contributed by atoms with Crippen LogP contribution in [0.5, 0.6) is 5.75 Å². The summed E-state index contributed by atoms with van der Waals surface area (Å²) in [5.41, 5.74) is 1.03. The molecule has 1 aliphatic rings. The Labute approximate surface area is 129 Å². The molecule has 1 N–H and O–H groups in total. The van der Waals surface area contributed by atoms with E-state index < -0.39 is 0 Å². The van der Waals surface area contributed by atoms with Crippen LogP contribution >= 0.6 is 0 Å². The van der Waals surface area contributed by atoms with Crippen LogP contribution in [0.25, 0.3) is 0 Å². The lowest BCUT2D eigenvalue weighted by Gasteiger charge is -2.39. The van der Waals surface area contributed by atoms with E-state index in [0.717, 1.165) is 11.3 Å². The van der Waals surface area contributed by atoms with Gasteiger partial charge in [-0.3, -0.25) is 4.79 Å². The number of ether oxygens (including phenoxy) is 1. The van der Waals surface area contributed by atoms with Crippen molar-refractivity contribution in [3.05, 3.63) is 48.3 Å². The van der Waals surface area contributed by atoms with E-state index in [9.17, 15) is 4.79 Å². The Morgan fingerprint density at radius 2 is 2.00 bits per heavy atom. The van der Waals surface area contributed by atoms with Crippen molar-refractivity contribution in [2.75, 3.05) is 25.0 Å². The van der Waals surface area contributed by atoms with Crippen LogP contribution < -0.4 is 10.1 Å². The van der Waals surface area contributed by atoms with E-state index in [2.05, 4.69) is 15.3 Å². The molecule has 0 aliphatic carbocycles. The second-order valence-electron chi connectivity index (χ2n) is 5.27. The van der Waals surface area contributed by atoms with E-state index in [1.165, 1.54) is 0 Å². The molecule has 1 aromatic heterocycles. The number of nitrogens with zero attached hydrogens (tertiary/aromatic N) is 3. The van der Waals surface area contributed by atoms with E-state index >= 15 is 0 Å². The molecule has 2 aromatic rings. The van der Waals surface area contributed by atoms with Gasteiger partial charge in [-0.15, -0.1) is 0 Å². The molecule has 0 unspecified atom stereocenters. The Morgan fingerprint density at radius 1 is 1.27 bits per heavy atom. The first-order valence-corrected chi connectivity index (χ1v) is 7.22. The highest BCUT2D eigenvalue weighted by atomic mass is 16.5. The van der Waals surface area contributed by atoms with Crippen molar-refractivity contribution >= 4 is 11.9 Å². The predicted octanol–water partition coefficient (Wildman–Crippen LogP) is 1.49. The summed E-state index contributed by atoms with van der Waals surface area (Å²) in [6, 6.07) is 9.64. The van der Waals surface area contributed by atoms with Crippen molar-refractivity contribution in [3.63, 3.8) is 0 Å². The molecule has 0 radical (unpaired) electrons. The van der Waals surface area contributed by atoms with Crippen LogP contribution in [0.1, 0.15) is 5.56 Å². The van der Waals surface area contributed by atoms with Gasteiger partial charge >= 0.3 is 0 Å². The lowest BCUT2D eigenvalue weighted by atomic mass is 10.1. The molecule has 114 valence electrons. The topological polar surface area (TPSA) is 67.3 Å². The molecule has 2 heterocycles. The highest BCUT2D eigenvalue weighted by molar-refractivity contribution is 5.79. The third-order valence-electron chi connectivity index (χ3n) is 3.58. The van der Waals surface area contributed by atoms with Crippen molar-refractivity contribution < 1.29 is 9.53 Å². The average Bonchev–Trinajstić information content (AvgIpc) is 2.50. The normalized spacial score (nSPS) is 14.3. The minimum atomic E-state index is -0.00437. The van der Waals surface area contributed by atoms with Crippen molar-refractivity contribution in [3.8, 4) is 5.75 Å². The minimum absolute atomic E-state index is 0.00437. The van der Waals surface area contributed by atoms with E-state index in [1.54, 1.807) is 23.4 Å². The van der Waals surface area contributed by atoms with E-state index in [-0.39, 0.29) is 18.6 Å². The zero-order chi connectivity index (χ0) is 15.4. The molecule has 1 fully saturated rings. The van der Waals surface area contributed by atoms with Gasteiger partial charge < -0.3 is 15.0 Å². The number of aromatic nitrogens is 2. The summed E-state index contributed by atoms with van der Waals surface area (Å²) in [5.74, 6) is 1.34. The molecule has 3 rings (SSSR count). The number of likely N-dealkylation sites (tertiary alicyclic amines) is 1. The van der Waals surface area contributed by atoms with Gasteiger partial charge in [0.15, 0.2) is 6.61 Å². The summed E-state index contributed by atoms with van der Waals surface area (Å²) >= 11 is 0. The highest BCUT2D eigenvalue weighted by Gasteiger charge is 2.31. The maximum absolute atomic E-state index is 12.0. The predicted molar refractivity (Wildman–Crippen MR) is 82.7 cm³/mol. The number of nitrogens with one attached hydrogen (secondary N) is 1. The fraction of sp³-hybridized carbons (Fsp3) is 0.312. The molecular weight excluding hydrogens is 280 g/mol. The molecule has 1 amide bonds. The van der Waals surface area contributed by atoms with Crippen molar-refractivity contribution in [1.29, 1.82) is 0 Å². The Balaban J connectivity index is 1.43. The van der Waals surface area contributed by atoms with Crippen LogP contribution in [-0.2, 0) is 4.79 Å². The maximum Gasteiger partial charge on any atom is 0.260 e. The van der Waals surface area contributed by atoms with Crippen LogP contribution in [0.3, 0.4) is 0 Å². The van der Waals surface area contributed by atoms with Gasteiger partial charge in [0.25, 0.3) is 5.91 Å². The lowest BCUT2D eigenvalue weighted by Crippen LogP contribution is -2.58. The number of benzene rings is 1. The molecule has 6 nitrogen and oxygen atoms in total. The quantitative estimate of drug-likeness (QED) is 0.906. The summed E-state index contributed by atoms with van der Waals surface area (Å²) in [4.78, 5) is 22.0. The summed E-state index contributed by atoms with van der Waals surface area (Å²) in [6.07, 6.45) is 3.37. The number of amides is 1. The molecule has 0 atom stereocenters. The van der Waals surface area contributed by atoms with Gasteiger partial charge in [-0.05, 0) is 24.6 Å². The molecule has 1 saturated heterocycles. The number of carbonyl (C=O) groups is 1. The van der Waals surface area contributed by atoms with Crippen LogP contribution in [0.15, 0.2) is 42.7 Å². The highest BCUT2D eigenvalue weighted by Crippen LogP contribution is 2.17. The number of hydrogen-bond acceptors (Lipinski definition) is 5. The molecule has 1 aromatic carbocycles. The van der Waals surface area contributed by atoms with Crippen LogP contribution in [-0.4, -0.2) is 46.5 Å². The summed E-state index contributed by atoms with van der Waals surface area (Å²) < 4.78 is 5.57. The number of rotatable bonds is 5. The van der Waals surface area contributed by atoms with Gasteiger partial charge in [-0.1, -0.05) is 18.2 Å². The standard InChI is InChI=1S/C16H18N4O2/c1-12-5-2-3-6-14(12)22-11-15(21)20-9-13(10-20)19-16-17-7-4-8-18-16/h2-8,13H,9-11H2,1H3,(H,17,18,19). The van der Waals surface area contributed by atoms with Gasteiger partial charge in [-0.25, -0.2) is 9.97 Å². The first-order chi connectivity index (χ1) is 10.7. The molecule has 1 aliphatic heterocycles. The molecule has 0 spiro atoms. The fourth-order valence-electron chi connectivity index (χ4n) is 2.28. The first-order valence-electron chi connectivity index (χ1n) is 7.22. The molecule has 0 bridgehead atoms. The summed E-state index contributed by atoms with van der Waals surface area (Å²) in [6.45, 7) is 3.32. The number of anilines is 1. The van der Waals surface area contributed by atoms with Gasteiger partial charge in [0, 0.05) is 25.5 Å². The number of aryl methyl sites for hydroxylation is 1. The van der Waals surface area contributed by atoms with Gasteiger partial charge in [0.2, 0.25) is 5.95 Å². The van der Waals surface area contributed by atoms with Gasteiger partial charge in [0.05, 0.1) is 6.04 Å². The smallest absolute Gasteiger partial charge is 0.260 e. The van der Waals surface area contributed by atoms with Crippen LogP contribution in [0.2, 0.25) is 0 Å². The third kappa shape index (κ3) is 3.33.